The number of fused-ring (bicyclic) bond motifs is 1. The topological polar surface area (TPSA) is 67.0 Å². The molecule has 3 rings (SSSR count). The Labute approximate surface area is 120 Å². The summed E-state index contributed by atoms with van der Waals surface area (Å²) in [5, 5.41) is 9.60. The zero-order valence-electron chi connectivity index (χ0n) is 10.3. The Balaban J connectivity index is 1.97. The maximum atomic E-state index is 9.60. The molecule has 4 nitrogen and oxygen atoms in total. The minimum absolute atomic E-state index is 0.289. The van der Waals surface area contributed by atoms with Crippen molar-refractivity contribution in [1.29, 1.82) is 0 Å². The Hall–Kier alpha value is -1.24. The van der Waals surface area contributed by atoms with Crippen molar-refractivity contribution in [3.63, 3.8) is 0 Å². The van der Waals surface area contributed by atoms with Gasteiger partial charge in [-0.1, -0.05) is 0 Å². The molecule has 1 atom stereocenters. The standard InChI is InChI=1S/C13H15N3OS2/c14-5-10-6-15-13(18)16(10)9-3-8-4-11(17)1-2-12(8)19-7-9/h1-2,4,6,9,17H,3,5,7,14H2,(H,15,18). The molecular formula is C13H15N3OS2. The van der Waals surface area contributed by atoms with Crippen molar-refractivity contribution in [3.05, 3.63) is 40.4 Å². The highest BCUT2D eigenvalue weighted by atomic mass is 32.2. The molecule has 2 aromatic rings. The van der Waals surface area contributed by atoms with E-state index in [2.05, 4.69) is 9.55 Å². The van der Waals surface area contributed by atoms with Gasteiger partial charge in [-0.3, -0.25) is 0 Å². The van der Waals surface area contributed by atoms with Crippen LogP contribution in [0.15, 0.2) is 29.3 Å². The number of hydrogen-bond donors (Lipinski definition) is 3. The Morgan fingerprint density at radius 2 is 2.37 bits per heavy atom. The highest BCUT2D eigenvalue weighted by Crippen LogP contribution is 2.37. The van der Waals surface area contributed by atoms with Crippen LogP contribution in [0.5, 0.6) is 5.75 Å². The normalized spacial score (nSPS) is 18.3. The molecule has 1 aliphatic heterocycles. The third-order valence-corrected chi connectivity index (χ3v) is 4.97. The Bertz CT molecular complexity index is 662. The summed E-state index contributed by atoms with van der Waals surface area (Å²) in [7, 11) is 0. The first-order chi connectivity index (χ1) is 9.19. The van der Waals surface area contributed by atoms with Gasteiger partial charge in [0.05, 0.1) is 5.69 Å². The first-order valence-corrected chi connectivity index (χ1v) is 7.52. The van der Waals surface area contributed by atoms with Gasteiger partial charge in [-0.2, -0.15) is 0 Å². The molecule has 0 aliphatic carbocycles. The van der Waals surface area contributed by atoms with E-state index < -0.39 is 0 Å². The van der Waals surface area contributed by atoms with Crippen LogP contribution in [0.4, 0.5) is 0 Å². The smallest absolute Gasteiger partial charge is 0.177 e. The van der Waals surface area contributed by atoms with Crippen molar-refractivity contribution < 1.29 is 5.11 Å². The fourth-order valence-electron chi connectivity index (χ4n) is 2.50. The van der Waals surface area contributed by atoms with E-state index in [1.807, 2.05) is 18.3 Å². The third kappa shape index (κ3) is 2.31. The molecule has 0 saturated heterocycles. The van der Waals surface area contributed by atoms with Crippen molar-refractivity contribution in [2.45, 2.75) is 23.9 Å². The molecule has 0 fully saturated rings. The van der Waals surface area contributed by atoms with Gasteiger partial charge in [0.2, 0.25) is 0 Å². The van der Waals surface area contributed by atoms with Gasteiger partial charge in [-0.15, -0.1) is 11.8 Å². The number of nitrogens with zero attached hydrogens (tertiary/aromatic N) is 1. The van der Waals surface area contributed by atoms with Crippen molar-refractivity contribution in [1.82, 2.24) is 9.55 Å². The second-order valence-corrected chi connectivity index (χ2v) is 6.07. The van der Waals surface area contributed by atoms with E-state index in [0.717, 1.165) is 22.6 Å². The molecule has 1 unspecified atom stereocenters. The molecule has 2 heterocycles. The number of phenols is 1. The summed E-state index contributed by atoms with van der Waals surface area (Å²) >= 11 is 7.14. The molecule has 1 aromatic heterocycles. The lowest BCUT2D eigenvalue weighted by Crippen LogP contribution is -2.21. The molecule has 0 saturated carbocycles. The van der Waals surface area contributed by atoms with E-state index in [1.165, 1.54) is 10.5 Å². The van der Waals surface area contributed by atoms with E-state index in [1.54, 1.807) is 17.8 Å². The molecule has 0 bridgehead atoms. The predicted octanol–water partition coefficient (Wildman–Crippen LogP) is 2.60. The van der Waals surface area contributed by atoms with E-state index >= 15 is 0 Å². The van der Waals surface area contributed by atoms with E-state index in [-0.39, 0.29) is 6.04 Å². The average molecular weight is 293 g/mol. The zero-order valence-corrected chi connectivity index (χ0v) is 11.9. The van der Waals surface area contributed by atoms with Gasteiger partial charge in [0.15, 0.2) is 4.77 Å². The number of nitrogens with one attached hydrogen (secondary N) is 1. The van der Waals surface area contributed by atoms with E-state index in [9.17, 15) is 5.11 Å². The van der Waals surface area contributed by atoms with Gasteiger partial charge in [-0.05, 0) is 42.4 Å². The Morgan fingerprint density at radius 1 is 1.53 bits per heavy atom. The summed E-state index contributed by atoms with van der Waals surface area (Å²) in [4.78, 5) is 4.30. The number of rotatable bonds is 2. The number of hydrogen-bond acceptors (Lipinski definition) is 4. The second-order valence-electron chi connectivity index (χ2n) is 4.62. The lowest BCUT2D eigenvalue weighted by molar-refractivity contribution is 0.470. The summed E-state index contributed by atoms with van der Waals surface area (Å²) in [5.74, 6) is 1.29. The van der Waals surface area contributed by atoms with Crippen LogP contribution in [0.25, 0.3) is 0 Å². The molecule has 19 heavy (non-hydrogen) atoms. The molecule has 1 aliphatic rings. The van der Waals surface area contributed by atoms with Crippen LogP contribution in [-0.4, -0.2) is 20.4 Å². The van der Waals surface area contributed by atoms with Crippen molar-refractivity contribution >= 4 is 24.0 Å². The molecular weight excluding hydrogens is 278 g/mol. The van der Waals surface area contributed by atoms with Gasteiger partial charge in [0, 0.05) is 29.4 Å². The van der Waals surface area contributed by atoms with Gasteiger partial charge in [0.1, 0.15) is 5.75 Å². The zero-order chi connectivity index (χ0) is 13.4. The lowest BCUT2D eigenvalue weighted by Gasteiger charge is -2.26. The van der Waals surface area contributed by atoms with Crippen molar-refractivity contribution in [3.8, 4) is 5.75 Å². The monoisotopic (exact) mass is 293 g/mol. The quantitative estimate of drug-likeness (QED) is 0.745. The van der Waals surface area contributed by atoms with Crippen LogP contribution < -0.4 is 5.73 Å². The highest BCUT2D eigenvalue weighted by Gasteiger charge is 2.23. The summed E-state index contributed by atoms with van der Waals surface area (Å²) in [6.07, 6.45) is 2.75. The van der Waals surface area contributed by atoms with Gasteiger partial charge >= 0.3 is 0 Å². The Kier molecular flexibility index (Phi) is 3.38. The van der Waals surface area contributed by atoms with Crippen LogP contribution in [-0.2, 0) is 13.0 Å². The van der Waals surface area contributed by atoms with Gasteiger partial charge in [0.25, 0.3) is 0 Å². The molecule has 4 N–H and O–H groups in total. The molecule has 0 radical (unpaired) electrons. The molecule has 100 valence electrons. The van der Waals surface area contributed by atoms with Crippen LogP contribution >= 0.6 is 24.0 Å². The summed E-state index contributed by atoms with van der Waals surface area (Å²) in [5.41, 5.74) is 7.96. The van der Waals surface area contributed by atoms with Crippen molar-refractivity contribution in [2.24, 2.45) is 5.73 Å². The number of H-pyrrole nitrogens is 1. The fraction of sp³-hybridized carbons (Fsp3) is 0.308. The van der Waals surface area contributed by atoms with E-state index in [0.29, 0.717) is 12.3 Å². The number of aromatic amines is 1. The first kappa shape index (κ1) is 12.8. The first-order valence-electron chi connectivity index (χ1n) is 6.12. The van der Waals surface area contributed by atoms with Crippen LogP contribution in [0.2, 0.25) is 0 Å². The Morgan fingerprint density at radius 3 is 3.16 bits per heavy atom. The van der Waals surface area contributed by atoms with Crippen molar-refractivity contribution in [2.75, 3.05) is 5.75 Å². The third-order valence-electron chi connectivity index (χ3n) is 3.40. The summed E-state index contributed by atoms with van der Waals surface area (Å²) in [6.45, 7) is 0.473. The van der Waals surface area contributed by atoms with Gasteiger partial charge < -0.3 is 20.4 Å². The lowest BCUT2D eigenvalue weighted by atomic mass is 10.1. The highest BCUT2D eigenvalue weighted by molar-refractivity contribution is 7.99. The number of thioether (sulfide) groups is 1. The SMILES string of the molecule is NCc1c[nH]c(=S)n1C1CSc2ccc(O)cc2C1. The number of nitrogens with two attached hydrogens (primary N) is 1. The average Bonchev–Trinajstić information content (AvgIpc) is 2.79. The van der Waals surface area contributed by atoms with Gasteiger partial charge in [-0.25, -0.2) is 0 Å². The molecule has 0 spiro atoms. The second kappa shape index (κ2) is 5.03. The molecule has 0 amide bonds. The number of aromatic hydroxyl groups is 1. The number of imidazole rings is 1. The number of phenolic OH excluding ortho intramolecular Hbond substituents is 1. The number of benzene rings is 1. The minimum Gasteiger partial charge on any atom is -0.508 e. The minimum atomic E-state index is 0.289. The van der Waals surface area contributed by atoms with Crippen LogP contribution in [0, 0.1) is 4.77 Å². The maximum Gasteiger partial charge on any atom is 0.177 e. The number of aromatic nitrogens is 2. The van der Waals surface area contributed by atoms with Crippen LogP contribution in [0.1, 0.15) is 17.3 Å². The predicted molar refractivity (Wildman–Crippen MR) is 79.1 cm³/mol. The maximum absolute atomic E-state index is 9.60. The summed E-state index contributed by atoms with van der Waals surface area (Å²) < 4.78 is 2.82. The largest absolute Gasteiger partial charge is 0.508 e. The molecule has 1 aromatic carbocycles. The van der Waals surface area contributed by atoms with Crippen LogP contribution in [0.3, 0.4) is 0 Å². The molecule has 6 heteroatoms. The van der Waals surface area contributed by atoms with E-state index in [4.69, 9.17) is 18.0 Å². The summed E-state index contributed by atoms with van der Waals surface area (Å²) in [6, 6.07) is 5.84. The fourth-order valence-corrected chi connectivity index (χ4v) is 3.96.